The summed E-state index contributed by atoms with van der Waals surface area (Å²) in [5.74, 6) is 1.18. The first-order valence-corrected chi connectivity index (χ1v) is 6.68. The van der Waals surface area contributed by atoms with Crippen LogP contribution in [0.15, 0.2) is 18.2 Å². The number of esters is 1. The van der Waals surface area contributed by atoms with Crippen LogP contribution in [0.4, 0.5) is 0 Å². The van der Waals surface area contributed by atoms with Gasteiger partial charge in [-0.15, -0.1) is 0 Å². The number of carbonyl (C=O) groups is 1. The predicted molar refractivity (Wildman–Crippen MR) is 79.9 cm³/mol. The van der Waals surface area contributed by atoms with Crippen LogP contribution in [0.2, 0.25) is 0 Å². The number of hydrogen-bond acceptors (Lipinski definition) is 5. The molecule has 0 radical (unpaired) electrons. The van der Waals surface area contributed by atoms with E-state index in [4.69, 9.17) is 14.2 Å². The normalized spacial score (nSPS) is 10.5. The summed E-state index contributed by atoms with van der Waals surface area (Å²) in [6.45, 7) is 1.91. The Hall–Kier alpha value is -2.30. The first-order chi connectivity index (χ1) is 10.1. The second-order valence-electron chi connectivity index (χ2n) is 4.69. The molecule has 0 N–H and O–H groups in total. The fraction of sp³-hybridized carbons (Fsp3) is 0.375. The van der Waals surface area contributed by atoms with E-state index >= 15 is 0 Å². The van der Waals surface area contributed by atoms with Gasteiger partial charge in [-0.2, -0.15) is 0 Å². The minimum atomic E-state index is -0.238. The second kappa shape index (κ2) is 6.43. The van der Waals surface area contributed by atoms with E-state index in [0.717, 1.165) is 27.9 Å². The summed E-state index contributed by atoms with van der Waals surface area (Å²) in [6, 6.07) is 5.67. The average Bonchev–Trinajstić information content (AvgIpc) is 2.50. The Kier molecular flexibility index (Phi) is 4.62. The van der Waals surface area contributed by atoms with Gasteiger partial charge in [-0.05, 0) is 25.0 Å². The summed E-state index contributed by atoms with van der Waals surface area (Å²) in [5, 5.41) is 0.881. The van der Waals surface area contributed by atoms with Gasteiger partial charge in [0.05, 0.1) is 21.3 Å². The molecule has 0 bridgehead atoms. The van der Waals surface area contributed by atoms with Crippen molar-refractivity contribution in [3.05, 3.63) is 29.5 Å². The third kappa shape index (κ3) is 3.07. The Morgan fingerprint density at radius 1 is 1.14 bits per heavy atom. The molecule has 0 saturated heterocycles. The molecule has 112 valence electrons. The monoisotopic (exact) mass is 289 g/mol. The van der Waals surface area contributed by atoms with Gasteiger partial charge in [-0.3, -0.25) is 4.79 Å². The van der Waals surface area contributed by atoms with Crippen LogP contribution >= 0.6 is 0 Å². The number of benzene rings is 1. The van der Waals surface area contributed by atoms with Crippen molar-refractivity contribution in [1.29, 1.82) is 0 Å². The van der Waals surface area contributed by atoms with Crippen LogP contribution in [0.5, 0.6) is 11.5 Å². The fourth-order valence-electron chi connectivity index (χ4n) is 2.34. The van der Waals surface area contributed by atoms with E-state index in [1.807, 2.05) is 25.1 Å². The van der Waals surface area contributed by atoms with Crippen LogP contribution in [-0.4, -0.2) is 32.3 Å². The van der Waals surface area contributed by atoms with Gasteiger partial charge in [0.15, 0.2) is 0 Å². The maximum atomic E-state index is 11.4. The number of nitrogens with zero attached hydrogens (tertiary/aromatic N) is 1. The molecule has 1 aromatic carbocycles. The molecular weight excluding hydrogens is 270 g/mol. The van der Waals surface area contributed by atoms with Crippen LogP contribution in [0.3, 0.4) is 0 Å². The van der Waals surface area contributed by atoms with Crippen LogP contribution in [-0.2, 0) is 16.0 Å². The van der Waals surface area contributed by atoms with Crippen molar-refractivity contribution in [2.75, 3.05) is 21.3 Å². The standard InChI is InChI=1S/C16H19NO4/c1-10-9-13(20-3)15-11(6-8-14(18)21-4)5-7-12(19-2)16(15)17-10/h5,7,9H,6,8H2,1-4H3. The van der Waals surface area contributed by atoms with Crippen LogP contribution in [0.25, 0.3) is 10.9 Å². The minimum Gasteiger partial charge on any atom is -0.496 e. The topological polar surface area (TPSA) is 57.7 Å². The number of ether oxygens (including phenoxy) is 3. The summed E-state index contributed by atoms with van der Waals surface area (Å²) < 4.78 is 15.5. The summed E-state index contributed by atoms with van der Waals surface area (Å²) in [4.78, 5) is 15.9. The number of carbonyl (C=O) groups excluding carboxylic acids is 1. The van der Waals surface area contributed by atoms with Crippen LogP contribution in [0.1, 0.15) is 17.7 Å². The molecule has 21 heavy (non-hydrogen) atoms. The quantitative estimate of drug-likeness (QED) is 0.792. The lowest BCUT2D eigenvalue weighted by molar-refractivity contribution is -0.140. The molecular formula is C16H19NO4. The molecule has 5 heteroatoms. The first kappa shape index (κ1) is 15.1. The zero-order valence-electron chi connectivity index (χ0n) is 12.7. The van der Waals surface area contributed by atoms with E-state index in [1.54, 1.807) is 14.2 Å². The highest BCUT2D eigenvalue weighted by atomic mass is 16.5. The lowest BCUT2D eigenvalue weighted by Gasteiger charge is -2.13. The molecule has 0 amide bonds. The highest BCUT2D eigenvalue weighted by Gasteiger charge is 2.15. The molecule has 0 fully saturated rings. The Bertz CT molecular complexity index is 667. The lowest BCUT2D eigenvalue weighted by atomic mass is 10.0. The third-order valence-corrected chi connectivity index (χ3v) is 3.37. The van der Waals surface area contributed by atoms with E-state index in [0.29, 0.717) is 18.6 Å². The number of pyridine rings is 1. The fourth-order valence-corrected chi connectivity index (χ4v) is 2.34. The van der Waals surface area contributed by atoms with Gasteiger partial charge >= 0.3 is 5.97 Å². The Morgan fingerprint density at radius 3 is 2.48 bits per heavy atom. The predicted octanol–water partition coefficient (Wildman–Crippen LogP) is 2.67. The van der Waals surface area contributed by atoms with Gasteiger partial charge in [0.2, 0.25) is 0 Å². The molecule has 0 aliphatic heterocycles. The number of methoxy groups -OCH3 is 3. The van der Waals surface area contributed by atoms with Gasteiger partial charge in [-0.1, -0.05) is 6.07 Å². The Labute approximate surface area is 123 Å². The first-order valence-electron chi connectivity index (χ1n) is 6.68. The number of rotatable bonds is 5. The molecule has 5 nitrogen and oxygen atoms in total. The van der Waals surface area contributed by atoms with Crippen molar-refractivity contribution in [1.82, 2.24) is 4.98 Å². The van der Waals surface area contributed by atoms with Crippen molar-refractivity contribution in [3.8, 4) is 11.5 Å². The summed E-state index contributed by atoms with van der Waals surface area (Å²) >= 11 is 0. The van der Waals surface area contributed by atoms with Crippen LogP contribution < -0.4 is 9.47 Å². The SMILES string of the molecule is COC(=O)CCc1ccc(OC)c2nc(C)cc(OC)c12. The maximum absolute atomic E-state index is 11.4. The van der Waals surface area contributed by atoms with Crippen molar-refractivity contribution >= 4 is 16.9 Å². The van der Waals surface area contributed by atoms with E-state index in [2.05, 4.69) is 4.98 Å². The molecule has 1 heterocycles. The molecule has 1 aromatic heterocycles. The van der Waals surface area contributed by atoms with E-state index in [1.165, 1.54) is 7.11 Å². The molecule has 0 unspecified atom stereocenters. The third-order valence-electron chi connectivity index (χ3n) is 3.37. The Balaban J connectivity index is 2.58. The van der Waals surface area contributed by atoms with Crippen LogP contribution in [0, 0.1) is 6.92 Å². The maximum Gasteiger partial charge on any atom is 0.305 e. The van der Waals surface area contributed by atoms with E-state index in [-0.39, 0.29) is 5.97 Å². The van der Waals surface area contributed by atoms with E-state index < -0.39 is 0 Å². The number of fused-ring (bicyclic) bond motifs is 1. The molecule has 2 aromatic rings. The lowest BCUT2D eigenvalue weighted by Crippen LogP contribution is -2.03. The van der Waals surface area contributed by atoms with Crippen molar-refractivity contribution in [2.45, 2.75) is 19.8 Å². The number of aromatic nitrogens is 1. The molecule has 0 atom stereocenters. The van der Waals surface area contributed by atoms with Gasteiger partial charge in [0.25, 0.3) is 0 Å². The van der Waals surface area contributed by atoms with Gasteiger partial charge < -0.3 is 14.2 Å². The average molecular weight is 289 g/mol. The van der Waals surface area contributed by atoms with Gasteiger partial charge in [0, 0.05) is 23.6 Å². The summed E-state index contributed by atoms with van der Waals surface area (Å²) in [7, 11) is 4.62. The van der Waals surface area contributed by atoms with Gasteiger partial charge in [-0.25, -0.2) is 4.98 Å². The summed E-state index contributed by atoms with van der Waals surface area (Å²) in [6.07, 6.45) is 0.878. The molecule has 2 rings (SSSR count). The van der Waals surface area contributed by atoms with E-state index in [9.17, 15) is 4.79 Å². The smallest absolute Gasteiger partial charge is 0.305 e. The Morgan fingerprint density at radius 2 is 1.86 bits per heavy atom. The number of aryl methyl sites for hydroxylation is 2. The second-order valence-corrected chi connectivity index (χ2v) is 4.69. The van der Waals surface area contributed by atoms with Crippen molar-refractivity contribution in [3.63, 3.8) is 0 Å². The van der Waals surface area contributed by atoms with Gasteiger partial charge in [0.1, 0.15) is 17.0 Å². The minimum absolute atomic E-state index is 0.238. The molecule has 0 spiro atoms. The largest absolute Gasteiger partial charge is 0.496 e. The molecule has 0 aliphatic carbocycles. The molecule has 0 saturated carbocycles. The van der Waals surface area contributed by atoms with Crippen molar-refractivity contribution in [2.24, 2.45) is 0 Å². The zero-order chi connectivity index (χ0) is 15.4. The molecule has 0 aliphatic rings. The summed E-state index contributed by atoms with van der Waals surface area (Å²) in [5.41, 5.74) is 2.58. The number of hydrogen-bond donors (Lipinski definition) is 0. The zero-order valence-corrected chi connectivity index (χ0v) is 12.7. The highest BCUT2D eigenvalue weighted by molar-refractivity contribution is 5.93. The van der Waals surface area contributed by atoms with Crippen molar-refractivity contribution < 1.29 is 19.0 Å². The highest BCUT2D eigenvalue weighted by Crippen LogP contribution is 2.34.